The molecule has 1 saturated heterocycles. The highest BCUT2D eigenvalue weighted by Crippen LogP contribution is 2.29. The zero-order valence-electron chi connectivity index (χ0n) is 17.8. The number of likely N-dealkylation sites (tertiary alicyclic amines) is 1. The highest BCUT2D eigenvalue weighted by Gasteiger charge is 2.29. The normalized spacial score (nSPS) is 15.1. The van der Waals surface area contributed by atoms with Crippen molar-refractivity contribution < 1.29 is 23.4 Å². The van der Waals surface area contributed by atoms with Crippen molar-refractivity contribution in [2.24, 2.45) is 0 Å². The van der Waals surface area contributed by atoms with E-state index in [1.54, 1.807) is 31.3 Å². The van der Waals surface area contributed by atoms with Crippen LogP contribution in [0.25, 0.3) is 0 Å². The van der Waals surface area contributed by atoms with Gasteiger partial charge in [-0.1, -0.05) is 6.07 Å². The van der Waals surface area contributed by atoms with Crippen LogP contribution in [0.15, 0.2) is 42.5 Å². The molecule has 0 atom stereocenters. The molecule has 0 N–H and O–H groups in total. The Morgan fingerprint density at radius 3 is 2.37 bits per heavy atom. The summed E-state index contributed by atoms with van der Waals surface area (Å²) in [4.78, 5) is 16.8. The largest absolute Gasteiger partial charge is 0.497 e. The summed E-state index contributed by atoms with van der Waals surface area (Å²) in [5.74, 6) is 1.14. The number of rotatable bonds is 8. The molecule has 0 saturated carbocycles. The molecule has 2 aromatic rings. The zero-order valence-corrected chi connectivity index (χ0v) is 17.8. The SMILES string of the molecule is COCC(=O)N(c1ccc(F)cc1)C1CCN(Cc2ccc(OC)cc2OC)CC1. The number of hydrogen-bond donors (Lipinski definition) is 0. The molecule has 30 heavy (non-hydrogen) atoms. The second-order valence-electron chi connectivity index (χ2n) is 7.36. The van der Waals surface area contributed by atoms with E-state index >= 15 is 0 Å². The van der Waals surface area contributed by atoms with E-state index in [2.05, 4.69) is 4.90 Å². The van der Waals surface area contributed by atoms with Gasteiger partial charge in [0.2, 0.25) is 0 Å². The monoisotopic (exact) mass is 416 g/mol. The van der Waals surface area contributed by atoms with Gasteiger partial charge in [-0.2, -0.15) is 0 Å². The van der Waals surface area contributed by atoms with E-state index in [9.17, 15) is 9.18 Å². The first-order chi connectivity index (χ1) is 14.5. The lowest BCUT2D eigenvalue weighted by Crippen LogP contribution is -2.48. The van der Waals surface area contributed by atoms with Crippen molar-refractivity contribution in [1.29, 1.82) is 0 Å². The molecule has 0 bridgehead atoms. The Labute approximate surface area is 177 Å². The maximum Gasteiger partial charge on any atom is 0.253 e. The van der Waals surface area contributed by atoms with E-state index in [0.29, 0.717) is 5.69 Å². The predicted molar refractivity (Wildman–Crippen MR) is 114 cm³/mol. The van der Waals surface area contributed by atoms with Crippen LogP contribution in [0.4, 0.5) is 10.1 Å². The number of methoxy groups -OCH3 is 3. The average Bonchev–Trinajstić information content (AvgIpc) is 2.77. The van der Waals surface area contributed by atoms with Crippen LogP contribution in [-0.4, -0.2) is 57.9 Å². The smallest absolute Gasteiger partial charge is 0.253 e. The lowest BCUT2D eigenvalue weighted by Gasteiger charge is -2.38. The topological polar surface area (TPSA) is 51.2 Å². The van der Waals surface area contributed by atoms with E-state index in [4.69, 9.17) is 14.2 Å². The van der Waals surface area contributed by atoms with Gasteiger partial charge in [-0.25, -0.2) is 4.39 Å². The quantitative estimate of drug-likeness (QED) is 0.659. The molecule has 162 valence electrons. The number of halogens is 1. The molecule has 0 spiro atoms. The van der Waals surface area contributed by atoms with Crippen molar-refractivity contribution in [3.8, 4) is 11.5 Å². The second-order valence-corrected chi connectivity index (χ2v) is 7.36. The number of hydrogen-bond acceptors (Lipinski definition) is 5. The van der Waals surface area contributed by atoms with Gasteiger partial charge in [0.25, 0.3) is 5.91 Å². The summed E-state index contributed by atoms with van der Waals surface area (Å²) in [6.07, 6.45) is 1.65. The fourth-order valence-electron chi connectivity index (χ4n) is 3.91. The molecule has 2 aromatic carbocycles. The summed E-state index contributed by atoms with van der Waals surface area (Å²) in [5, 5.41) is 0. The van der Waals surface area contributed by atoms with Crippen molar-refractivity contribution in [1.82, 2.24) is 4.90 Å². The third-order valence-corrected chi connectivity index (χ3v) is 5.45. The number of carbonyl (C=O) groups is 1. The summed E-state index contributed by atoms with van der Waals surface area (Å²) in [5.41, 5.74) is 1.80. The first-order valence-electron chi connectivity index (χ1n) is 10.1. The highest BCUT2D eigenvalue weighted by atomic mass is 19.1. The fourth-order valence-corrected chi connectivity index (χ4v) is 3.91. The first-order valence-corrected chi connectivity index (χ1v) is 10.1. The van der Waals surface area contributed by atoms with Crippen molar-refractivity contribution in [2.45, 2.75) is 25.4 Å². The van der Waals surface area contributed by atoms with Crippen LogP contribution in [0, 0.1) is 5.82 Å². The fraction of sp³-hybridized carbons (Fsp3) is 0.435. The van der Waals surface area contributed by atoms with Crippen LogP contribution in [-0.2, 0) is 16.1 Å². The summed E-state index contributed by atoms with van der Waals surface area (Å²) < 4.78 is 29.2. The molecule has 1 heterocycles. The Hall–Kier alpha value is -2.64. The van der Waals surface area contributed by atoms with Crippen LogP contribution >= 0.6 is 0 Å². The van der Waals surface area contributed by atoms with Gasteiger partial charge in [0, 0.05) is 50.1 Å². The number of benzene rings is 2. The van der Waals surface area contributed by atoms with Crippen LogP contribution in [0.5, 0.6) is 11.5 Å². The van der Waals surface area contributed by atoms with E-state index in [0.717, 1.165) is 49.5 Å². The predicted octanol–water partition coefficient (Wildman–Crippen LogP) is 3.49. The summed E-state index contributed by atoms with van der Waals surface area (Å²) in [6.45, 7) is 2.46. The molecule has 6 nitrogen and oxygen atoms in total. The third kappa shape index (κ3) is 5.29. The summed E-state index contributed by atoms with van der Waals surface area (Å²) in [7, 11) is 4.80. The highest BCUT2D eigenvalue weighted by molar-refractivity contribution is 5.94. The lowest BCUT2D eigenvalue weighted by atomic mass is 10.0. The number of ether oxygens (including phenoxy) is 3. The minimum Gasteiger partial charge on any atom is -0.497 e. The Bertz CT molecular complexity index is 836. The minimum atomic E-state index is -0.318. The summed E-state index contributed by atoms with van der Waals surface area (Å²) in [6, 6.07) is 12.0. The molecule has 1 fully saturated rings. The van der Waals surface area contributed by atoms with Gasteiger partial charge in [-0.15, -0.1) is 0 Å². The molecular weight excluding hydrogens is 387 g/mol. The second kappa shape index (κ2) is 10.4. The van der Waals surface area contributed by atoms with Gasteiger partial charge >= 0.3 is 0 Å². The zero-order chi connectivity index (χ0) is 21.5. The van der Waals surface area contributed by atoms with Crippen molar-refractivity contribution in [3.05, 3.63) is 53.8 Å². The number of piperidine rings is 1. The number of carbonyl (C=O) groups excluding carboxylic acids is 1. The van der Waals surface area contributed by atoms with Gasteiger partial charge in [0.1, 0.15) is 23.9 Å². The molecule has 3 rings (SSSR count). The molecule has 0 aliphatic carbocycles. The van der Waals surface area contributed by atoms with Gasteiger partial charge < -0.3 is 19.1 Å². The van der Waals surface area contributed by atoms with Crippen LogP contribution in [0.1, 0.15) is 18.4 Å². The average molecular weight is 416 g/mol. The minimum absolute atomic E-state index is 0.000633. The molecule has 0 radical (unpaired) electrons. The third-order valence-electron chi connectivity index (χ3n) is 5.45. The number of nitrogens with zero attached hydrogens (tertiary/aromatic N) is 2. The van der Waals surface area contributed by atoms with Crippen molar-refractivity contribution in [2.75, 3.05) is 45.9 Å². The van der Waals surface area contributed by atoms with Crippen molar-refractivity contribution in [3.63, 3.8) is 0 Å². The van der Waals surface area contributed by atoms with Crippen LogP contribution in [0.2, 0.25) is 0 Å². The van der Waals surface area contributed by atoms with E-state index in [1.165, 1.54) is 19.2 Å². The van der Waals surface area contributed by atoms with E-state index in [-0.39, 0.29) is 24.4 Å². The maximum absolute atomic E-state index is 13.4. The van der Waals surface area contributed by atoms with Gasteiger partial charge in [-0.05, 0) is 43.2 Å². The Kier molecular flexibility index (Phi) is 7.65. The number of anilines is 1. The Balaban J connectivity index is 1.68. The van der Waals surface area contributed by atoms with E-state index in [1.807, 2.05) is 18.2 Å². The Morgan fingerprint density at radius 1 is 1.07 bits per heavy atom. The van der Waals surface area contributed by atoms with Crippen LogP contribution in [0.3, 0.4) is 0 Å². The molecule has 1 amide bonds. The molecular formula is C23H29FN2O4. The number of amides is 1. The van der Waals surface area contributed by atoms with Crippen LogP contribution < -0.4 is 14.4 Å². The maximum atomic E-state index is 13.4. The summed E-state index contributed by atoms with van der Waals surface area (Å²) >= 11 is 0. The van der Waals surface area contributed by atoms with E-state index < -0.39 is 0 Å². The molecule has 0 unspecified atom stereocenters. The standard InChI is InChI=1S/C23H29FN2O4/c1-28-16-23(27)26(19-7-5-18(24)6-8-19)20-10-12-25(13-11-20)15-17-4-9-21(29-2)14-22(17)30-3/h4-9,14,20H,10-13,15-16H2,1-3H3. The Morgan fingerprint density at radius 2 is 1.77 bits per heavy atom. The van der Waals surface area contributed by atoms with Gasteiger partial charge in [-0.3, -0.25) is 9.69 Å². The molecule has 1 aliphatic heterocycles. The molecule has 0 aromatic heterocycles. The molecule has 1 aliphatic rings. The first kappa shape index (κ1) is 22.1. The molecule has 7 heteroatoms. The van der Waals surface area contributed by atoms with Gasteiger partial charge in [0.05, 0.1) is 14.2 Å². The van der Waals surface area contributed by atoms with Gasteiger partial charge in [0.15, 0.2) is 0 Å². The van der Waals surface area contributed by atoms with Crippen molar-refractivity contribution >= 4 is 11.6 Å². The lowest BCUT2D eigenvalue weighted by molar-refractivity contribution is -0.122.